The molecule has 0 spiro atoms. The van der Waals surface area contributed by atoms with Crippen molar-refractivity contribution in [3.05, 3.63) is 54.6 Å². The van der Waals surface area contributed by atoms with E-state index >= 15 is 0 Å². The molecule has 9 heteroatoms. The predicted octanol–water partition coefficient (Wildman–Crippen LogP) is 4.69. The van der Waals surface area contributed by atoms with Crippen LogP contribution in [0.25, 0.3) is 22.2 Å². The van der Waals surface area contributed by atoms with E-state index in [0.29, 0.717) is 16.2 Å². The van der Waals surface area contributed by atoms with Crippen LogP contribution in [0, 0.1) is 5.82 Å². The second-order valence-corrected chi connectivity index (χ2v) is 5.00. The first-order chi connectivity index (χ1) is 13.1. The molecule has 0 saturated heterocycles. The van der Waals surface area contributed by atoms with Crippen molar-refractivity contribution in [2.75, 3.05) is 26.1 Å². The van der Waals surface area contributed by atoms with E-state index in [1.807, 2.05) is 0 Å². The lowest BCUT2D eigenvalue weighted by atomic mass is 10.1. The van der Waals surface area contributed by atoms with Gasteiger partial charge in [-0.3, -0.25) is 13.9 Å². The number of aromatic nitrogens is 3. The van der Waals surface area contributed by atoms with Crippen molar-refractivity contribution in [3.8, 4) is 11.1 Å². The Hall–Kier alpha value is -2.58. The molecular formula is C18H23ClF3N5. The van der Waals surface area contributed by atoms with Gasteiger partial charge in [-0.2, -0.15) is 5.10 Å². The summed E-state index contributed by atoms with van der Waals surface area (Å²) in [5, 5.41) is 7.67. The third-order valence-electron chi connectivity index (χ3n) is 2.97. The number of anilines is 1. The monoisotopic (exact) mass is 401 g/mol. The van der Waals surface area contributed by atoms with Crippen molar-refractivity contribution >= 4 is 28.3 Å². The predicted molar refractivity (Wildman–Crippen MR) is 107 cm³/mol. The van der Waals surface area contributed by atoms with Gasteiger partial charge in [0.15, 0.2) is 11.5 Å². The highest BCUT2D eigenvalue weighted by molar-refractivity contribution is 6.33. The molecular weight excluding hydrogens is 379 g/mol. The van der Waals surface area contributed by atoms with Crippen molar-refractivity contribution in [2.45, 2.75) is 6.42 Å². The first-order valence-electron chi connectivity index (χ1n) is 7.81. The van der Waals surface area contributed by atoms with Crippen molar-refractivity contribution in [3.63, 3.8) is 0 Å². The van der Waals surface area contributed by atoms with Crippen LogP contribution in [0.5, 0.6) is 0 Å². The molecule has 0 saturated carbocycles. The molecule has 5 nitrogen and oxygen atoms in total. The molecule has 0 aliphatic carbocycles. The van der Waals surface area contributed by atoms with Gasteiger partial charge in [-0.1, -0.05) is 11.6 Å². The van der Waals surface area contributed by atoms with E-state index < -0.39 is 19.2 Å². The minimum Gasteiger partial charge on any atom is -0.396 e. The van der Waals surface area contributed by atoms with Crippen molar-refractivity contribution in [1.29, 1.82) is 0 Å². The van der Waals surface area contributed by atoms with Gasteiger partial charge in [-0.25, -0.2) is 9.37 Å². The summed E-state index contributed by atoms with van der Waals surface area (Å²) in [5.41, 5.74) is 11.6. The number of halogens is 4. The van der Waals surface area contributed by atoms with Crippen LogP contribution in [0.2, 0.25) is 5.02 Å². The van der Waals surface area contributed by atoms with Gasteiger partial charge in [0.05, 0.1) is 30.3 Å². The Morgan fingerprint density at radius 1 is 1.15 bits per heavy atom. The minimum atomic E-state index is -0.535. The largest absolute Gasteiger partial charge is 0.396 e. The zero-order chi connectivity index (χ0) is 20.8. The molecule has 5 N–H and O–H groups in total. The number of aromatic amines is 1. The van der Waals surface area contributed by atoms with E-state index in [0.717, 1.165) is 5.39 Å². The molecule has 0 aliphatic heterocycles. The Bertz CT molecular complexity index is 809. The molecule has 0 fully saturated rings. The minimum absolute atomic E-state index is 0.0556. The number of benzene rings is 1. The summed E-state index contributed by atoms with van der Waals surface area (Å²) >= 11 is 6.01. The van der Waals surface area contributed by atoms with Gasteiger partial charge in [-0.15, -0.1) is 13.2 Å². The topological polar surface area (TPSA) is 93.6 Å². The number of fused-ring (bicyclic) bond motifs is 1. The van der Waals surface area contributed by atoms with E-state index in [9.17, 15) is 13.2 Å². The SMILES string of the molecule is C=C.CN.FCCCF.Nc1ccc(Cl)c(-c2cnc3[nH]ncc3c2)c1F. The van der Waals surface area contributed by atoms with Crippen LogP contribution >= 0.6 is 11.6 Å². The number of hydrogen-bond acceptors (Lipinski definition) is 4. The Morgan fingerprint density at radius 2 is 1.78 bits per heavy atom. The van der Waals surface area contributed by atoms with E-state index in [2.05, 4.69) is 34.1 Å². The number of nitrogens with two attached hydrogens (primary N) is 2. The first-order valence-corrected chi connectivity index (χ1v) is 8.19. The van der Waals surface area contributed by atoms with Gasteiger partial charge in [0, 0.05) is 29.1 Å². The number of hydrogen-bond donors (Lipinski definition) is 3. The summed E-state index contributed by atoms with van der Waals surface area (Å²) in [6.45, 7) is 4.94. The number of nitrogens with zero attached hydrogens (tertiary/aromatic N) is 2. The van der Waals surface area contributed by atoms with E-state index in [1.54, 1.807) is 18.3 Å². The molecule has 0 atom stereocenters. The Labute approximate surface area is 161 Å². The Morgan fingerprint density at radius 3 is 2.33 bits per heavy atom. The van der Waals surface area contributed by atoms with E-state index in [1.165, 1.54) is 19.3 Å². The van der Waals surface area contributed by atoms with Crippen molar-refractivity contribution in [2.24, 2.45) is 5.73 Å². The van der Waals surface area contributed by atoms with Crippen LogP contribution in [0.3, 0.4) is 0 Å². The molecule has 1 aromatic carbocycles. The molecule has 0 unspecified atom stereocenters. The van der Waals surface area contributed by atoms with Gasteiger partial charge < -0.3 is 11.5 Å². The first kappa shape index (κ1) is 24.4. The molecule has 27 heavy (non-hydrogen) atoms. The summed E-state index contributed by atoms with van der Waals surface area (Å²) in [4.78, 5) is 4.15. The van der Waals surface area contributed by atoms with Crippen LogP contribution < -0.4 is 11.5 Å². The number of H-pyrrole nitrogens is 1. The van der Waals surface area contributed by atoms with Gasteiger partial charge >= 0.3 is 0 Å². The lowest BCUT2D eigenvalue weighted by molar-refractivity contribution is 0.398. The Kier molecular flexibility index (Phi) is 12.3. The number of rotatable bonds is 3. The van der Waals surface area contributed by atoms with Crippen LogP contribution in [-0.2, 0) is 0 Å². The highest BCUT2D eigenvalue weighted by atomic mass is 35.5. The fourth-order valence-corrected chi connectivity index (χ4v) is 2.11. The molecule has 148 valence electrons. The zero-order valence-electron chi connectivity index (χ0n) is 15.0. The summed E-state index contributed by atoms with van der Waals surface area (Å²) in [6, 6.07) is 4.76. The summed E-state index contributed by atoms with van der Waals surface area (Å²) < 4.78 is 35.5. The smallest absolute Gasteiger partial charge is 0.155 e. The maximum Gasteiger partial charge on any atom is 0.155 e. The number of nitrogen functional groups attached to an aromatic ring is 1. The van der Waals surface area contributed by atoms with Gasteiger partial charge in [0.25, 0.3) is 0 Å². The molecule has 3 aromatic rings. The molecule has 2 aromatic heterocycles. The Balaban J connectivity index is 0.000000646. The average Bonchev–Trinajstić information content (AvgIpc) is 3.17. The van der Waals surface area contributed by atoms with Crippen LogP contribution in [0.15, 0.2) is 43.8 Å². The maximum absolute atomic E-state index is 14.0. The van der Waals surface area contributed by atoms with Crippen molar-refractivity contribution < 1.29 is 13.2 Å². The number of nitrogens with one attached hydrogen (secondary N) is 1. The lowest BCUT2D eigenvalue weighted by Gasteiger charge is -2.07. The molecule has 2 heterocycles. The number of pyridine rings is 1. The molecule has 0 radical (unpaired) electrons. The standard InChI is InChI=1S/C12H8ClFN4.C3H6F2.C2H4.CH5N/c13-8-1-2-9(15)11(14)10(8)6-3-7-5-17-18-12(7)16-4-6;4-2-1-3-5;2*1-2/h1-5H,15H2,(H,16,17,18);1-3H2;1-2H2;2H2,1H3. The van der Waals surface area contributed by atoms with Gasteiger partial charge in [-0.05, 0) is 25.2 Å². The zero-order valence-corrected chi connectivity index (χ0v) is 15.7. The van der Waals surface area contributed by atoms with Crippen LogP contribution in [0.1, 0.15) is 6.42 Å². The fraction of sp³-hybridized carbons (Fsp3) is 0.222. The van der Waals surface area contributed by atoms with Crippen LogP contribution in [-0.4, -0.2) is 35.6 Å². The van der Waals surface area contributed by atoms with Gasteiger partial charge in [0.2, 0.25) is 0 Å². The summed E-state index contributed by atoms with van der Waals surface area (Å²) in [5.74, 6) is -0.535. The molecule has 0 amide bonds. The summed E-state index contributed by atoms with van der Waals surface area (Å²) in [7, 11) is 1.50. The van der Waals surface area contributed by atoms with E-state index in [-0.39, 0.29) is 17.7 Å². The third kappa shape index (κ3) is 6.92. The molecule has 0 bridgehead atoms. The lowest BCUT2D eigenvalue weighted by Crippen LogP contribution is -1.94. The maximum atomic E-state index is 14.0. The molecule has 3 rings (SSSR count). The second kappa shape index (κ2) is 13.6. The highest BCUT2D eigenvalue weighted by Gasteiger charge is 2.14. The van der Waals surface area contributed by atoms with Gasteiger partial charge in [0.1, 0.15) is 0 Å². The normalized spacial score (nSPS) is 9.26. The number of alkyl halides is 2. The average molecular weight is 402 g/mol. The third-order valence-corrected chi connectivity index (χ3v) is 3.28. The summed E-state index contributed by atoms with van der Waals surface area (Å²) in [6.07, 6.45) is 3.20. The van der Waals surface area contributed by atoms with E-state index in [4.69, 9.17) is 17.3 Å². The second-order valence-electron chi connectivity index (χ2n) is 4.59. The van der Waals surface area contributed by atoms with Crippen molar-refractivity contribution in [1.82, 2.24) is 15.2 Å². The fourth-order valence-electron chi connectivity index (χ4n) is 1.86. The molecule has 0 aliphatic rings. The quantitative estimate of drug-likeness (QED) is 0.438. The highest BCUT2D eigenvalue weighted by Crippen LogP contribution is 2.33. The van der Waals surface area contributed by atoms with Crippen LogP contribution in [0.4, 0.5) is 18.9 Å².